The number of hydrogen-bond acceptors (Lipinski definition) is 6. The highest BCUT2D eigenvalue weighted by atomic mass is 35.5. The van der Waals surface area contributed by atoms with E-state index in [1.54, 1.807) is 12.1 Å². The number of aryl methyl sites for hydroxylation is 1. The van der Waals surface area contributed by atoms with Gasteiger partial charge in [-0.05, 0) is 31.0 Å². The predicted octanol–water partition coefficient (Wildman–Crippen LogP) is 2.09. The fraction of sp³-hybridized carbons (Fsp3) is 0.500. The molecule has 0 unspecified atom stereocenters. The number of carbonyl (C=O) groups excluding carboxylic acids is 1. The number of alkyl halides is 1. The molecule has 0 spiro atoms. The molecule has 1 N–H and O–H groups in total. The van der Waals surface area contributed by atoms with Gasteiger partial charge in [0.2, 0.25) is 11.0 Å². The molecule has 0 bridgehead atoms. The van der Waals surface area contributed by atoms with E-state index in [4.69, 9.17) is 11.6 Å². The number of anilines is 1. The van der Waals surface area contributed by atoms with Crippen molar-refractivity contribution >= 4 is 34.0 Å². The topological polar surface area (TPSA) is 69.6 Å². The van der Waals surface area contributed by atoms with E-state index >= 15 is 0 Å². The summed E-state index contributed by atoms with van der Waals surface area (Å²) in [6.07, 6.45) is -1.96. The number of halogens is 2. The summed E-state index contributed by atoms with van der Waals surface area (Å²) in [5, 5.41) is 20.2. The number of rotatable bonds is 4. The maximum absolute atomic E-state index is 13.8. The Balaban J connectivity index is 1.56. The zero-order chi connectivity index (χ0) is 19.2. The normalized spacial score (nSPS) is 24.1. The van der Waals surface area contributed by atoms with Crippen LogP contribution in [-0.2, 0) is 11.2 Å². The molecule has 1 amide bonds. The Labute approximate surface area is 165 Å². The number of carbonyl (C=O) groups is 1. The van der Waals surface area contributed by atoms with Crippen molar-refractivity contribution in [3.8, 4) is 0 Å². The minimum Gasteiger partial charge on any atom is -0.388 e. The molecule has 2 saturated heterocycles. The maximum Gasteiger partial charge on any atom is 0.232 e. The molecule has 144 valence electrons. The molecular formula is C18H20ClFN4O2S. The first-order valence-corrected chi connectivity index (χ1v) is 9.97. The number of aliphatic hydroxyl groups excluding tert-OH is 1. The third kappa shape index (κ3) is 3.53. The summed E-state index contributed by atoms with van der Waals surface area (Å²) in [4.78, 5) is 16.7. The van der Waals surface area contributed by atoms with Crippen molar-refractivity contribution in [3.05, 3.63) is 39.9 Å². The standard InChI is InChI=1S/C18H20ClFN4O2S/c1-11-21-22-17(27-11)24-9-18(10-24,6-12-2-4-13(19)5-3-12)16(26)23-7-14(20)15(25)8-23/h2-5,14-15,25H,6-10H2,1H3/t14-,15-/m1/s1. The Morgan fingerprint density at radius 2 is 2.04 bits per heavy atom. The van der Waals surface area contributed by atoms with Gasteiger partial charge in [-0.3, -0.25) is 4.79 Å². The first-order valence-electron chi connectivity index (χ1n) is 8.77. The van der Waals surface area contributed by atoms with Crippen LogP contribution in [0.1, 0.15) is 10.6 Å². The molecule has 0 aliphatic carbocycles. The van der Waals surface area contributed by atoms with Crippen LogP contribution in [0, 0.1) is 12.3 Å². The molecule has 3 heterocycles. The summed E-state index contributed by atoms with van der Waals surface area (Å²) in [6.45, 7) is 2.86. The highest BCUT2D eigenvalue weighted by molar-refractivity contribution is 7.15. The molecular weight excluding hydrogens is 391 g/mol. The SMILES string of the molecule is Cc1nnc(N2CC(Cc3ccc(Cl)cc3)(C(=O)N3C[C@@H](O)[C@H](F)C3)C2)s1. The quantitative estimate of drug-likeness (QED) is 0.835. The van der Waals surface area contributed by atoms with Crippen LogP contribution in [0.25, 0.3) is 0 Å². The van der Waals surface area contributed by atoms with Gasteiger partial charge in [0.25, 0.3) is 0 Å². The van der Waals surface area contributed by atoms with Crippen molar-refractivity contribution in [1.29, 1.82) is 0 Å². The lowest BCUT2D eigenvalue weighted by Crippen LogP contribution is -2.65. The van der Waals surface area contributed by atoms with Gasteiger partial charge in [0.15, 0.2) is 0 Å². The smallest absolute Gasteiger partial charge is 0.232 e. The molecule has 27 heavy (non-hydrogen) atoms. The number of aromatic nitrogens is 2. The van der Waals surface area contributed by atoms with Crippen LogP contribution in [0.4, 0.5) is 9.52 Å². The lowest BCUT2D eigenvalue weighted by Gasteiger charge is -2.50. The minimum absolute atomic E-state index is 0.0419. The molecule has 1 aromatic heterocycles. The molecule has 4 rings (SSSR count). The molecule has 0 saturated carbocycles. The van der Waals surface area contributed by atoms with Crippen LogP contribution in [0.15, 0.2) is 24.3 Å². The van der Waals surface area contributed by atoms with Crippen LogP contribution < -0.4 is 4.90 Å². The molecule has 0 radical (unpaired) electrons. The van der Waals surface area contributed by atoms with Crippen molar-refractivity contribution < 1.29 is 14.3 Å². The van der Waals surface area contributed by atoms with E-state index in [1.165, 1.54) is 16.2 Å². The average molecular weight is 411 g/mol. The maximum atomic E-state index is 13.8. The number of likely N-dealkylation sites (tertiary alicyclic amines) is 1. The van der Waals surface area contributed by atoms with Gasteiger partial charge in [0, 0.05) is 24.7 Å². The van der Waals surface area contributed by atoms with E-state index in [0.29, 0.717) is 24.5 Å². The summed E-state index contributed by atoms with van der Waals surface area (Å²) >= 11 is 7.45. The van der Waals surface area contributed by atoms with E-state index < -0.39 is 17.7 Å². The van der Waals surface area contributed by atoms with E-state index in [9.17, 15) is 14.3 Å². The van der Waals surface area contributed by atoms with Crippen LogP contribution in [-0.4, -0.2) is 64.6 Å². The van der Waals surface area contributed by atoms with Gasteiger partial charge < -0.3 is 14.9 Å². The van der Waals surface area contributed by atoms with E-state index in [0.717, 1.165) is 15.7 Å². The van der Waals surface area contributed by atoms with E-state index in [2.05, 4.69) is 10.2 Å². The average Bonchev–Trinajstić information content (AvgIpc) is 3.18. The summed E-state index contributed by atoms with van der Waals surface area (Å²) in [6, 6.07) is 7.42. The van der Waals surface area contributed by atoms with Gasteiger partial charge >= 0.3 is 0 Å². The van der Waals surface area contributed by atoms with Crippen LogP contribution >= 0.6 is 22.9 Å². The first-order chi connectivity index (χ1) is 12.9. The van der Waals surface area contributed by atoms with Gasteiger partial charge in [0.1, 0.15) is 17.3 Å². The first kappa shape index (κ1) is 18.6. The summed E-state index contributed by atoms with van der Waals surface area (Å²) in [5.41, 5.74) is 0.328. The van der Waals surface area contributed by atoms with E-state index in [-0.39, 0.29) is 19.0 Å². The Hall–Kier alpha value is -1.77. The second-order valence-electron chi connectivity index (χ2n) is 7.34. The molecule has 1 aromatic carbocycles. The number of benzene rings is 1. The van der Waals surface area contributed by atoms with Crippen molar-refractivity contribution in [2.24, 2.45) is 5.41 Å². The Morgan fingerprint density at radius 1 is 1.33 bits per heavy atom. The predicted molar refractivity (Wildman–Crippen MR) is 102 cm³/mol. The van der Waals surface area contributed by atoms with Crippen molar-refractivity contribution in [3.63, 3.8) is 0 Å². The molecule has 2 aromatic rings. The monoisotopic (exact) mass is 410 g/mol. The zero-order valence-electron chi connectivity index (χ0n) is 14.8. The van der Waals surface area contributed by atoms with E-state index in [1.807, 2.05) is 24.0 Å². The van der Waals surface area contributed by atoms with Gasteiger partial charge in [-0.25, -0.2) is 4.39 Å². The number of hydrogen-bond donors (Lipinski definition) is 1. The van der Waals surface area contributed by atoms with Crippen molar-refractivity contribution in [2.75, 3.05) is 31.1 Å². The molecule has 2 atom stereocenters. The molecule has 6 nitrogen and oxygen atoms in total. The number of amides is 1. The molecule has 9 heteroatoms. The van der Waals surface area contributed by atoms with Gasteiger partial charge in [-0.15, -0.1) is 10.2 Å². The fourth-order valence-electron chi connectivity index (χ4n) is 3.80. The van der Waals surface area contributed by atoms with Gasteiger partial charge in [-0.2, -0.15) is 0 Å². The second-order valence-corrected chi connectivity index (χ2v) is 8.93. The molecule has 2 aliphatic rings. The van der Waals surface area contributed by atoms with Crippen LogP contribution in [0.3, 0.4) is 0 Å². The van der Waals surface area contributed by atoms with Crippen molar-refractivity contribution in [1.82, 2.24) is 15.1 Å². The third-order valence-electron chi connectivity index (χ3n) is 5.19. The third-order valence-corrected chi connectivity index (χ3v) is 6.34. The zero-order valence-corrected chi connectivity index (χ0v) is 16.4. The largest absolute Gasteiger partial charge is 0.388 e. The van der Waals surface area contributed by atoms with Gasteiger partial charge in [0.05, 0.1) is 12.0 Å². The number of β-amino-alcohol motifs (C(OH)–C–C–N with tert-alkyl or cyclic N) is 1. The fourth-order valence-corrected chi connectivity index (χ4v) is 4.61. The van der Waals surface area contributed by atoms with Gasteiger partial charge in [-0.1, -0.05) is 35.1 Å². The lowest BCUT2D eigenvalue weighted by atomic mass is 9.73. The number of aliphatic hydroxyl groups is 1. The highest BCUT2D eigenvalue weighted by Crippen LogP contribution is 2.41. The van der Waals surface area contributed by atoms with Crippen LogP contribution in [0.2, 0.25) is 5.02 Å². The summed E-state index contributed by atoms with van der Waals surface area (Å²) in [7, 11) is 0. The molecule has 2 fully saturated rings. The Morgan fingerprint density at radius 3 is 2.59 bits per heavy atom. The second kappa shape index (κ2) is 7.00. The Kier molecular flexibility index (Phi) is 4.82. The highest BCUT2D eigenvalue weighted by Gasteiger charge is 2.53. The lowest BCUT2D eigenvalue weighted by molar-refractivity contribution is -0.143. The van der Waals surface area contributed by atoms with Crippen LogP contribution in [0.5, 0.6) is 0 Å². The summed E-state index contributed by atoms with van der Waals surface area (Å²) < 4.78 is 13.8. The van der Waals surface area contributed by atoms with Crippen molar-refractivity contribution in [2.45, 2.75) is 25.6 Å². The Bertz CT molecular complexity index is 830. The minimum atomic E-state index is -1.39. The number of nitrogens with zero attached hydrogens (tertiary/aromatic N) is 4. The summed E-state index contributed by atoms with van der Waals surface area (Å²) in [5.74, 6) is -0.117. The molecule has 2 aliphatic heterocycles.